The zero-order valence-electron chi connectivity index (χ0n) is 21.0. The van der Waals surface area contributed by atoms with Gasteiger partial charge in [-0.3, -0.25) is 14.4 Å². The monoisotopic (exact) mass is 605 g/mol. The highest BCUT2D eigenvalue weighted by atomic mass is 19.4. The molecule has 1 atom stereocenters. The molecule has 0 spiro atoms. The first kappa shape index (κ1) is 32.0. The van der Waals surface area contributed by atoms with Crippen LogP contribution in [0, 0.1) is 0 Å². The van der Waals surface area contributed by atoms with Crippen LogP contribution in [-0.4, -0.2) is 43.2 Å². The first-order valence-corrected chi connectivity index (χ1v) is 11.8. The molecule has 0 saturated carbocycles. The third-order valence-corrected chi connectivity index (χ3v) is 5.67. The molecular weight excluding hydrogens is 585 g/mol. The second kappa shape index (κ2) is 12.5. The Kier molecular flexibility index (Phi) is 9.53. The Morgan fingerprint density at radius 1 is 0.786 bits per heavy atom. The lowest BCUT2D eigenvalue weighted by atomic mass is 9.98. The van der Waals surface area contributed by atoms with Gasteiger partial charge in [0.2, 0.25) is 11.8 Å². The topological polar surface area (TPSA) is 87.3 Å². The molecule has 3 amide bonds. The Morgan fingerprint density at radius 2 is 1.45 bits per heavy atom. The van der Waals surface area contributed by atoms with E-state index in [4.69, 9.17) is 0 Å². The van der Waals surface area contributed by atoms with E-state index in [-0.39, 0.29) is 16.5 Å². The lowest BCUT2D eigenvalue weighted by Crippen LogP contribution is -2.40. The number of nitrogens with one attached hydrogen (secondary N) is 3. The lowest BCUT2D eigenvalue weighted by Gasteiger charge is -2.22. The zero-order valence-corrected chi connectivity index (χ0v) is 21.0. The number of carbonyl (C=O) groups is 3. The number of hydrogen-bond donors (Lipinski definition) is 3. The summed E-state index contributed by atoms with van der Waals surface area (Å²) in [4.78, 5) is 36.6. The van der Waals surface area contributed by atoms with Gasteiger partial charge in [-0.1, -0.05) is 42.5 Å². The van der Waals surface area contributed by atoms with Crippen LogP contribution in [0.1, 0.15) is 33.1 Å². The lowest BCUT2D eigenvalue weighted by molar-refractivity contribution is -0.162. The summed E-state index contributed by atoms with van der Waals surface area (Å²) in [5.74, 6) is -3.17. The predicted molar refractivity (Wildman–Crippen MR) is 133 cm³/mol. The molecule has 42 heavy (non-hydrogen) atoms. The summed E-state index contributed by atoms with van der Waals surface area (Å²) in [5.41, 5.74) is -1.87. The van der Waals surface area contributed by atoms with E-state index >= 15 is 0 Å². The van der Waals surface area contributed by atoms with Crippen LogP contribution >= 0.6 is 0 Å². The van der Waals surface area contributed by atoms with E-state index in [1.807, 2.05) is 0 Å². The molecule has 0 saturated heterocycles. The van der Waals surface area contributed by atoms with E-state index in [1.54, 1.807) is 22.8 Å². The highest BCUT2D eigenvalue weighted by molar-refractivity contribution is 6.10. The van der Waals surface area contributed by atoms with Crippen LogP contribution in [0.4, 0.5) is 39.5 Å². The summed E-state index contributed by atoms with van der Waals surface area (Å²) in [7, 11) is 0. The molecule has 3 aromatic rings. The molecule has 0 aliphatic rings. The van der Waals surface area contributed by atoms with E-state index in [1.165, 1.54) is 24.3 Å². The third kappa shape index (κ3) is 8.72. The molecule has 3 N–H and O–H groups in total. The first-order valence-electron chi connectivity index (χ1n) is 11.8. The van der Waals surface area contributed by atoms with Gasteiger partial charge in [-0.05, 0) is 46.2 Å². The number of amides is 3. The van der Waals surface area contributed by atoms with E-state index < -0.39 is 66.5 Å². The maximum Gasteiger partial charge on any atom is 0.416 e. The van der Waals surface area contributed by atoms with E-state index in [0.717, 1.165) is 24.3 Å². The van der Waals surface area contributed by atoms with Crippen molar-refractivity contribution in [1.82, 2.24) is 16.0 Å². The number of rotatable bonds is 8. The van der Waals surface area contributed by atoms with Crippen molar-refractivity contribution in [3.8, 4) is 0 Å². The molecule has 6 nitrogen and oxygen atoms in total. The average molecular weight is 605 g/mol. The average Bonchev–Trinajstić information content (AvgIpc) is 2.90. The summed E-state index contributed by atoms with van der Waals surface area (Å²) in [6, 6.07) is 8.43. The Morgan fingerprint density at radius 3 is 2.07 bits per heavy atom. The molecule has 3 aromatic carbocycles. The fourth-order valence-electron chi connectivity index (χ4n) is 3.79. The molecular formula is C27H20F9N3O3. The van der Waals surface area contributed by atoms with Gasteiger partial charge in [0.15, 0.2) is 6.04 Å². The Hall–Kier alpha value is -4.56. The second-order valence-electron chi connectivity index (χ2n) is 8.76. The summed E-state index contributed by atoms with van der Waals surface area (Å²) in [5, 5.41) is 6.07. The van der Waals surface area contributed by atoms with Crippen molar-refractivity contribution in [3.05, 3.63) is 89.0 Å². The maximum absolute atomic E-state index is 13.7. The van der Waals surface area contributed by atoms with Crippen molar-refractivity contribution in [2.24, 2.45) is 0 Å². The number of hydrogen-bond acceptors (Lipinski definition) is 3. The number of halogens is 9. The Bertz CT molecular complexity index is 1500. The van der Waals surface area contributed by atoms with Crippen LogP contribution in [0.25, 0.3) is 16.8 Å². The van der Waals surface area contributed by atoms with E-state index in [0.29, 0.717) is 17.5 Å². The van der Waals surface area contributed by atoms with Crippen LogP contribution in [-0.2, 0) is 15.8 Å². The molecule has 224 valence electrons. The fourth-order valence-corrected chi connectivity index (χ4v) is 3.79. The normalized spacial score (nSPS) is 13.2. The van der Waals surface area contributed by atoms with Crippen LogP contribution in [0.15, 0.2) is 66.7 Å². The highest BCUT2D eigenvalue weighted by Gasteiger charge is 2.42. The van der Waals surface area contributed by atoms with Gasteiger partial charge in [0.1, 0.15) is 6.54 Å². The minimum atomic E-state index is -5.13. The minimum Gasteiger partial charge on any atom is -0.345 e. The largest absolute Gasteiger partial charge is 0.416 e. The zero-order chi connectivity index (χ0) is 31.3. The minimum absolute atomic E-state index is 0.0116. The van der Waals surface area contributed by atoms with Gasteiger partial charge in [-0.2, -0.15) is 39.5 Å². The van der Waals surface area contributed by atoms with Gasteiger partial charge >= 0.3 is 18.5 Å². The van der Waals surface area contributed by atoms with E-state index in [2.05, 4.69) is 5.32 Å². The molecule has 0 bridgehead atoms. The Labute approximate surface area is 231 Å². The molecule has 0 aliphatic heterocycles. The smallest absolute Gasteiger partial charge is 0.345 e. The van der Waals surface area contributed by atoms with Crippen molar-refractivity contribution in [1.29, 1.82) is 0 Å². The fraction of sp³-hybridized carbons (Fsp3) is 0.222. The standard InChI is InChI=1S/C27H20F9N3O3/c28-25(29,30)14-38-22(41)13-37-24(42)20-10-8-15(18-6-1-2-7-19(18)20)9-11-21(40)39-23(27(34,35)36)16-4-3-5-17(12-16)26(31,32)33/h1-12,23H,13-14H2,(H,37,42)(H,38,41)(H,39,40)/b11-9+. The predicted octanol–water partition coefficient (Wildman–Crippen LogP) is 5.70. The number of carbonyl (C=O) groups excluding carboxylic acids is 3. The molecule has 3 rings (SSSR count). The Balaban J connectivity index is 1.79. The summed E-state index contributed by atoms with van der Waals surface area (Å²) in [6.07, 6.45) is -12.8. The van der Waals surface area contributed by atoms with E-state index in [9.17, 15) is 53.9 Å². The quantitative estimate of drug-likeness (QED) is 0.228. The summed E-state index contributed by atoms with van der Waals surface area (Å²) < 4.78 is 117. The molecule has 0 aromatic heterocycles. The molecule has 0 aliphatic carbocycles. The molecule has 0 radical (unpaired) electrons. The van der Waals surface area contributed by atoms with Gasteiger partial charge in [-0.15, -0.1) is 0 Å². The number of alkyl halides is 9. The van der Waals surface area contributed by atoms with Crippen molar-refractivity contribution >= 4 is 34.6 Å². The molecule has 1 unspecified atom stereocenters. The van der Waals surface area contributed by atoms with Crippen molar-refractivity contribution in [2.75, 3.05) is 13.1 Å². The van der Waals surface area contributed by atoms with Crippen molar-refractivity contribution in [3.63, 3.8) is 0 Å². The van der Waals surface area contributed by atoms with Crippen LogP contribution in [0.3, 0.4) is 0 Å². The van der Waals surface area contributed by atoms with Crippen molar-refractivity contribution in [2.45, 2.75) is 24.6 Å². The van der Waals surface area contributed by atoms with Gasteiger partial charge < -0.3 is 16.0 Å². The highest BCUT2D eigenvalue weighted by Crippen LogP contribution is 2.36. The van der Waals surface area contributed by atoms with Gasteiger partial charge in [0, 0.05) is 11.6 Å². The molecule has 15 heteroatoms. The third-order valence-electron chi connectivity index (χ3n) is 5.67. The first-order chi connectivity index (χ1) is 19.5. The molecule has 0 heterocycles. The van der Waals surface area contributed by atoms with Gasteiger partial charge in [-0.25, -0.2) is 0 Å². The van der Waals surface area contributed by atoms with Crippen LogP contribution in [0.5, 0.6) is 0 Å². The van der Waals surface area contributed by atoms with Crippen LogP contribution in [0.2, 0.25) is 0 Å². The van der Waals surface area contributed by atoms with Crippen LogP contribution < -0.4 is 16.0 Å². The summed E-state index contributed by atoms with van der Waals surface area (Å²) >= 11 is 0. The maximum atomic E-state index is 13.7. The number of fused-ring (bicyclic) bond motifs is 1. The second-order valence-corrected chi connectivity index (χ2v) is 8.76. The van der Waals surface area contributed by atoms with Gasteiger partial charge in [0.25, 0.3) is 5.91 Å². The number of benzene rings is 3. The summed E-state index contributed by atoms with van der Waals surface area (Å²) in [6.45, 7) is -2.33. The van der Waals surface area contributed by atoms with Crippen molar-refractivity contribution < 1.29 is 53.9 Å². The van der Waals surface area contributed by atoms with Gasteiger partial charge in [0.05, 0.1) is 12.1 Å². The molecule has 0 fully saturated rings. The SMILES string of the molecule is O=C(/C=C/c1ccc(C(=O)NCC(=O)NCC(F)(F)F)c2ccccc12)NC(c1cccc(C(F)(F)F)c1)C(F)(F)F.